The lowest BCUT2D eigenvalue weighted by Crippen LogP contribution is -2.14. The Morgan fingerprint density at radius 1 is 1.33 bits per heavy atom. The number of halogens is 1. The van der Waals surface area contributed by atoms with Crippen LogP contribution in [0.25, 0.3) is 0 Å². The highest BCUT2D eigenvalue weighted by Gasteiger charge is 2.12. The van der Waals surface area contributed by atoms with Crippen LogP contribution >= 0.6 is 15.9 Å². The number of nitrogens with two attached hydrogens (primary N) is 1. The molecule has 8 heteroatoms. The topological polar surface area (TPSA) is 111 Å². The number of hydrogen-bond donors (Lipinski definition) is 2. The Morgan fingerprint density at radius 2 is 2.10 bits per heavy atom. The third kappa shape index (κ3) is 3.48. The van der Waals surface area contributed by atoms with Gasteiger partial charge in [-0.2, -0.15) is 0 Å². The first kappa shape index (κ1) is 14.8. The first-order valence-corrected chi connectivity index (χ1v) is 6.50. The molecular formula is C13H10BrN3O4. The molecule has 2 rings (SSSR count). The third-order valence-corrected chi connectivity index (χ3v) is 3.07. The van der Waals surface area contributed by atoms with Crippen molar-refractivity contribution in [1.29, 1.82) is 0 Å². The van der Waals surface area contributed by atoms with Gasteiger partial charge in [0.2, 0.25) is 0 Å². The second-order valence-electron chi connectivity index (χ2n) is 3.98. The summed E-state index contributed by atoms with van der Waals surface area (Å²) in [6.45, 7) is 0. The second kappa shape index (κ2) is 6.23. The number of rotatable bonds is 4. The van der Waals surface area contributed by atoms with E-state index in [0.717, 1.165) is 4.47 Å². The molecule has 0 aliphatic rings. The fraction of sp³-hybridized carbons (Fsp3) is 0. The summed E-state index contributed by atoms with van der Waals surface area (Å²) in [6.07, 6.45) is 0. The maximum atomic E-state index is 10.7. The Labute approximate surface area is 127 Å². The van der Waals surface area contributed by atoms with E-state index in [4.69, 9.17) is 15.7 Å². The monoisotopic (exact) mass is 351 g/mol. The molecule has 0 atom stereocenters. The minimum absolute atomic E-state index is 0.0880. The smallest absolute Gasteiger partial charge is 0.273 e. The molecule has 108 valence electrons. The van der Waals surface area contributed by atoms with Crippen LogP contribution in [-0.4, -0.2) is 16.0 Å². The van der Waals surface area contributed by atoms with Crippen LogP contribution in [-0.2, 0) is 0 Å². The maximum Gasteiger partial charge on any atom is 0.273 e. The van der Waals surface area contributed by atoms with Crippen LogP contribution < -0.4 is 10.5 Å². The van der Waals surface area contributed by atoms with Gasteiger partial charge in [0.1, 0.15) is 11.5 Å². The van der Waals surface area contributed by atoms with E-state index in [0.29, 0.717) is 11.3 Å². The summed E-state index contributed by atoms with van der Waals surface area (Å²) >= 11 is 3.27. The third-order valence-electron chi connectivity index (χ3n) is 2.58. The van der Waals surface area contributed by atoms with Gasteiger partial charge in [0.15, 0.2) is 5.84 Å². The predicted molar refractivity (Wildman–Crippen MR) is 79.8 cm³/mol. The number of nitro benzene ring substituents is 1. The number of benzene rings is 2. The summed E-state index contributed by atoms with van der Waals surface area (Å²) in [4.78, 5) is 10.2. The SMILES string of the molecule is N/C(=N/O)c1cc(Br)ccc1Oc1cccc([N+](=O)[O-])c1. The molecule has 0 unspecified atom stereocenters. The normalized spacial score (nSPS) is 11.2. The lowest BCUT2D eigenvalue weighted by atomic mass is 10.2. The minimum atomic E-state index is -0.515. The average Bonchev–Trinajstić information content (AvgIpc) is 2.48. The van der Waals surface area contributed by atoms with Gasteiger partial charge in [0, 0.05) is 10.5 Å². The fourth-order valence-corrected chi connectivity index (χ4v) is 1.99. The number of hydrogen-bond acceptors (Lipinski definition) is 5. The second-order valence-corrected chi connectivity index (χ2v) is 4.90. The zero-order valence-electron chi connectivity index (χ0n) is 10.6. The van der Waals surface area contributed by atoms with Crippen LogP contribution in [0.5, 0.6) is 11.5 Å². The number of ether oxygens (including phenoxy) is 1. The zero-order valence-corrected chi connectivity index (χ0v) is 12.1. The highest BCUT2D eigenvalue weighted by molar-refractivity contribution is 9.10. The molecule has 0 spiro atoms. The fourth-order valence-electron chi connectivity index (χ4n) is 1.63. The molecule has 0 aliphatic carbocycles. The molecule has 0 saturated carbocycles. The Kier molecular flexibility index (Phi) is 4.39. The predicted octanol–water partition coefficient (Wildman–Crippen LogP) is 3.24. The molecule has 0 bridgehead atoms. The van der Waals surface area contributed by atoms with Gasteiger partial charge in [0.25, 0.3) is 5.69 Å². The minimum Gasteiger partial charge on any atom is -0.456 e. The van der Waals surface area contributed by atoms with E-state index in [2.05, 4.69) is 21.1 Å². The van der Waals surface area contributed by atoms with Gasteiger partial charge in [0.05, 0.1) is 16.6 Å². The van der Waals surface area contributed by atoms with Crippen LogP contribution in [0.1, 0.15) is 5.56 Å². The first-order valence-electron chi connectivity index (χ1n) is 5.71. The van der Waals surface area contributed by atoms with E-state index >= 15 is 0 Å². The van der Waals surface area contributed by atoms with Crippen molar-refractivity contribution < 1.29 is 14.9 Å². The molecule has 3 N–H and O–H groups in total. The molecule has 0 radical (unpaired) electrons. The lowest BCUT2D eigenvalue weighted by Gasteiger charge is -2.10. The lowest BCUT2D eigenvalue weighted by molar-refractivity contribution is -0.384. The Balaban J connectivity index is 2.40. The van der Waals surface area contributed by atoms with Crippen molar-refractivity contribution in [3.05, 3.63) is 62.6 Å². The first-order chi connectivity index (χ1) is 10.0. The zero-order chi connectivity index (χ0) is 15.4. The summed E-state index contributed by atoms with van der Waals surface area (Å²) in [7, 11) is 0. The number of oxime groups is 1. The molecule has 0 heterocycles. The highest BCUT2D eigenvalue weighted by Crippen LogP contribution is 2.29. The van der Waals surface area contributed by atoms with E-state index < -0.39 is 4.92 Å². The molecule has 7 nitrogen and oxygen atoms in total. The van der Waals surface area contributed by atoms with Crippen molar-refractivity contribution in [1.82, 2.24) is 0 Å². The van der Waals surface area contributed by atoms with Crippen molar-refractivity contribution in [2.24, 2.45) is 10.9 Å². The van der Waals surface area contributed by atoms with Crippen molar-refractivity contribution in [3.63, 3.8) is 0 Å². The number of nitro groups is 1. The van der Waals surface area contributed by atoms with E-state index in [-0.39, 0.29) is 17.3 Å². The summed E-state index contributed by atoms with van der Waals surface area (Å²) in [5, 5.41) is 22.5. The average molecular weight is 352 g/mol. The van der Waals surface area contributed by atoms with Gasteiger partial charge in [-0.25, -0.2) is 0 Å². The quantitative estimate of drug-likeness (QED) is 0.288. The Morgan fingerprint density at radius 3 is 2.76 bits per heavy atom. The summed E-state index contributed by atoms with van der Waals surface area (Å²) in [5.74, 6) is 0.462. The number of nitrogens with zero attached hydrogens (tertiary/aromatic N) is 2. The van der Waals surface area contributed by atoms with E-state index in [1.54, 1.807) is 24.3 Å². The van der Waals surface area contributed by atoms with Gasteiger partial charge in [-0.05, 0) is 24.3 Å². The number of amidine groups is 1. The molecular weight excluding hydrogens is 342 g/mol. The molecule has 0 fully saturated rings. The van der Waals surface area contributed by atoms with Gasteiger partial charge in [-0.1, -0.05) is 27.2 Å². The molecule has 21 heavy (non-hydrogen) atoms. The van der Waals surface area contributed by atoms with Gasteiger partial charge < -0.3 is 15.7 Å². The van der Waals surface area contributed by atoms with Crippen molar-refractivity contribution in [2.75, 3.05) is 0 Å². The Hall–Kier alpha value is -2.61. The molecule has 0 amide bonds. The van der Waals surface area contributed by atoms with Gasteiger partial charge >= 0.3 is 0 Å². The van der Waals surface area contributed by atoms with E-state index in [9.17, 15) is 10.1 Å². The van der Waals surface area contributed by atoms with Gasteiger partial charge in [-0.3, -0.25) is 10.1 Å². The summed E-state index contributed by atoms with van der Waals surface area (Å²) < 4.78 is 6.30. The van der Waals surface area contributed by atoms with Crippen molar-refractivity contribution in [2.45, 2.75) is 0 Å². The molecule has 0 aliphatic heterocycles. The van der Waals surface area contributed by atoms with Crippen molar-refractivity contribution >= 4 is 27.5 Å². The van der Waals surface area contributed by atoms with Crippen LogP contribution in [0.3, 0.4) is 0 Å². The largest absolute Gasteiger partial charge is 0.456 e. The summed E-state index contributed by atoms with van der Waals surface area (Å²) in [6, 6.07) is 10.7. The maximum absolute atomic E-state index is 10.7. The van der Waals surface area contributed by atoms with Crippen LogP contribution in [0.2, 0.25) is 0 Å². The standard InChI is InChI=1S/C13H10BrN3O4/c14-8-4-5-12(11(6-8)13(15)16-18)21-10-3-1-2-9(7-10)17(19)20/h1-7,18H,(H2,15,16). The van der Waals surface area contributed by atoms with Crippen LogP contribution in [0, 0.1) is 10.1 Å². The van der Waals surface area contributed by atoms with Gasteiger partial charge in [-0.15, -0.1) is 0 Å². The van der Waals surface area contributed by atoms with E-state index in [1.165, 1.54) is 18.2 Å². The highest BCUT2D eigenvalue weighted by atomic mass is 79.9. The molecule has 0 saturated heterocycles. The Bertz CT molecular complexity index is 718. The molecule has 0 aromatic heterocycles. The summed E-state index contributed by atoms with van der Waals surface area (Å²) in [5.41, 5.74) is 5.86. The molecule has 2 aromatic rings. The van der Waals surface area contributed by atoms with Crippen LogP contribution in [0.4, 0.5) is 5.69 Å². The van der Waals surface area contributed by atoms with Crippen LogP contribution in [0.15, 0.2) is 52.1 Å². The van der Waals surface area contributed by atoms with Crippen molar-refractivity contribution in [3.8, 4) is 11.5 Å². The number of non-ortho nitro benzene ring substituents is 1. The molecule has 2 aromatic carbocycles. The van der Waals surface area contributed by atoms with E-state index in [1.807, 2.05) is 0 Å².